The zero-order chi connectivity index (χ0) is 25.3. The Bertz CT molecular complexity index is 1760. The lowest BCUT2D eigenvalue weighted by atomic mass is 10.0. The van der Waals surface area contributed by atoms with Crippen LogP contribution in [0, 0.1) is 0 Å². The lowest BCUT2D eigenvalue weighted by Crippen LogP contribution is -2.11. The second-order valence-electron chi connectivity index (χ2n) is 9.30. The van der Waals surface area contributed by atoms with Crippen molar-refractivity contribution in [1.82, 2.24) is 4.98 Å². The minimum Gasteiger partial charge on any atom is -0.456 e. The number of rotatable bonds is 5. The molecule has 0 radical (unpaired) electrons. The van der Waals surface area contributed by atoms with Crippen molar-refractivity contribution >= 4 is 39.1 Å². The van der Waals surface area contributed by atoms with E-state index in [4.69, 9.17) is 9.40 Å². The standard InChI is InChI=1S/C35H24N2O/c1-3-9-25(10-4-1)27-15-19-29(20-16-27)37(30-21-17-28(18-22-30)26-11-5-2-6-12-26)35-23-34-32(24-36-35)31-13-7-8-14-33(31)38-34/h1-24H. The topological polar surface area (TPSA) is 29.3 Å². The molecule has 0 unspecified atom stereocenters. The van der Waals surface area contributed by atoms with E-state index in [1.807, 2.05) is 42.6 Å². The van der Waals surface area contributed by atoms with Crippen LogP contribution >= 0.6 is 0 Å². The molecule has 0 N–H and O–H groups in total. The van der Waals surface area contributed by atoms with Crippen LogP contribution in [0.1, 0.15) is 0 Å². The van der Waals surface area contributed by atoms with Crippen molar-refractivity contribution in [2.75, 3.05) is 4.90 Å². The summed E-state index contributed by atoms with van der Waals surface area (Å²) in [5.41, 5.74) is 8.48. The summed E-state index contributed by atoms with van der Waals surface area (Å²) in [7, 11) is 0. The molecule has 2 heterocycles. The van der Waals surface area contributed by atoms with Crippen LogP contribution < -0.4 is 4.90 Å². The maximum absolute atomic E-state index is 6.20. The number of furan rings is 1. The van der Waals surface area contributed by atoms with Gasteiger partial charge in [-0.05, 0) is 52.6 Å². The van der Waals surface area contributed by atoms with Crippen molar-refractivity contribution in [3.63, 3.8) is 0 Å². The van der Waals surface area contributed by atoms with Gasteiger partial charge in [0.2, 0.25) is 0 Å². The monoisotopic (exact) mass is 488 g/mol. The van der Waals surface area contributed by atoms with E-state index in [-0.39, 0.29) is 0 Å². The summed E-state index contributed by atoms with van der Waals surface area (Å²) in [5.74, 6) is 0.802. The summed E-state index contributed by atoms with van der Waals surface area (Å²) in [6.45, 7) is 0. The number of aromatic nitrogens is 1. The molecule has 7 aromatic rings. The molecule has 0 amide bonds. The molecule has 7 rings (SSSR count). The van der Waals surface area contributed by atoms with Gasteiger partial charge in [-0.25, -0.2) is 4.98 Å². The number of hydrogen-bond acceptors (Lipinski definition) is 3. The van der Waals surface area contributed by atoms with E-state index < -0.39 is 0 Å². The van der Waals surface area contributed by atoms with Gasteiger partial charge in [0.25, 0.3) is 0 Å². The highest BCUT2D eigenvalue weighted by Crippen LogP contribution is 2.38. The van der Waals surface area contributed by atoms with Crippen LogP contribution in [0.3, 0.4) is 0 Å². The van der Waals surface area contributed by atoms with Gasteiger partial charge in [0.05, 0.1) is 0 Å². The summed E-state index contributed by atoms with van der Waals surface area (Å²) in [4.78, 5) is 7.09. The molecule has 0 saturated heterocycles. The average Bonchev–Trinajstić information content (AvgIpc) is 3.37. The normalized spacial score (nSPS) is 11.2. The van der Waals surface area contributed by atoms with E-state index in [9.17, 15) is 0 Å². The van der Waals surface area contributed by atoms with E-state index in [0.29, 0.717) is 0 Å². The second-order valence-corrected chi connectivity index (χ2v) is 9.30. The van der Waals surface area contributed by atoms with Crippen molar-refractivity contribution in [1.29, 1.82) is 0 Å². The van der Waals surface area contributed by atoms with Crippen molar-refractivity contribution in [2.24, 2.45) is 0 Å². The van der Waals surface area contributed by atoms with E-state index >= 15 is 0 Å². The Morgan fingerprint density at radius 2 is 0.947 bits per heavy atom. The predicted molar refractivity (Wildman–Crippen MR) is 157 cm³/mol. The molecule has 3 heteroatoms. The van der Waals surface area contributed by atoms with Gasteiger partial charge in [0.15, 0.2) is 0 Å². The molecule has 0 spiro atoms. The third-order valence-corrected chi connectivity index (χ3v) is 6.94. The van der Waals surface area contributed by atoms with Crippen molar-refractivity contribution in [2.45, 2.75) is 0 Å². The summed E-state index contributed by atoms with van der Waals surface area (Å²) in [5, 5.41) is 2.09. The van der Waals surface area contributed by atoms with E-state index in [1.54, 1.807) is 0 Å². The van der Waals surface area contributed by atoms with Gasteiger partial charge in [-0.15, -0.1) is 0 Å². The van der Waals surface area contributed by atoms with Crippen LogP contribution in [-0.4, -0.2) is 4.98 Å². The van der Waals surface area contributed by atoms with Crippen LogP contribution in [0.15, 0.2) is 150 Å². The Morgan fingerprint density at radius 3 is 1.53 bits per heavy atom. The summed E-state index contributed by atoms with van der Waals surface area (Å²) in [6.07, 6.45) is 1.92. The van der Waals surface area contributed by atoms with Crippen molar-refractivity contribution in [3.05, 3.63) is 146 Å². The van der Waals surface area contributed by atoms with Crippen molar-refractivity contribution in [3.8, 4) is 22.3 Å². The van der Waals surface area contributed by atoms with Crippen molar-refractivity contribution < 1.29 is 4.42 Å². The third kappa shape index (κ3) is 4.00. The minimum absolute atomic E-state index is 0.802. The molecule has 0 atom stereocenters. The van der Waals surface area contributed by atoms with E-state index in [1.165, 1.54) is 22.3 Å². The molecular formula is C35H24N2O. The highest BCUT2D eigenvalue weighted by atomic mass is 16.3. The molecular weight excluding hydrogens is 464 g/mol. The first-order valence-corrected chi connectivity index (χ1v) is 12.7. The van der Waals surface area contributed by atoms with Crippen LogP contribution in [-0.2, 0) is 0 Å². The number of hydrogen-bond donors (Lipinski definition) is 0. The number of para-hydroxylation sites is 1. The Morgan fingerprint density at radius 1 is 0.447 bits per heavy atom. The van der Waals surface area contributed by atoms with Crippen LogP contribution in [0.25, 0.3) is 44.2 Å². The number of pyridine rings is 1. The zero-order valence-electron chi connectivity index (χ0n) is 20.7. The van der Waals surface area contributed by atoms with Gasteiger partial charge in [-0.1, -0.05) is 103 Å². The second kappa shape index (κ2) is 9.38. The quantitative estimate of drug-likeness (QED) is 0.241. The molecule has 180 valence electrons. The van der Waals surface area contributed by atoms with Gasteiger partial charge >= 0.3 is 0 Å². The fourth-order valence-corrected chi connectivity index (χ4v) is 5.01. The molecule has 0 aliphatic rings. The molecule has 38 heavy (non-hydrogen) atoms. The lowest BCUT2D eigenvalue weighted by Gasteiger charge is -2.24. The first-order valence-electron chi connectivity index (χ1n) is 12.7. The van der Waals surface area contributed by atoms with Crippen LogP contribution in [0.4, 0.5) is 17.2 Å². The highest BCUT2D eigenvalue weighted by molar-refractivity contribution is 6.05. The molecule has 0 aliphatic heterocycles. The number of fused-ring (bicyclic) bond motifs is 3. The maximum atomic E-state index is 6.20. The molecule has 5 aromatic carbocycles. The van der Waals surface area contributed by atoms with Gasteiger partial charge in [-0.3, -0.25) is 4.90 Å². The maximum Gasteiger partial charge on any atom is 0.141 e. The largest absolute Gasteiger partial charge is 0.456 e. The Balaban J connectivity index is 1.34. The summed E-state index contributed by atoms with van der Waals surface area (Å²) < 4.78 is 6.20. The minimum atomic E-state index is 0.802. The first kappa shape index (κ1) is 22.1. The Hall–Kier alpha value is -5.15. The Kier molecular flexibility index (Phi) is 5.45. The zero-order valence-corrected chi connectivity index (χ0v) is 20.7. The van der Waals surface area contributed by atoms with Gasteiger partial charge in [0, 0.05) is 34.4 Å². The van der Waals surface area contributed by atoms with Crippen LogP contribution in [0.2, 0.25) is 0 Å². The first-order chi connectivity index (χ1) is 18.8. The predicted octanol–water partition coefficient (Wildman–Crippen LogP) is 9.78. The number of anilines is 3. The molecule has 0 aliphatic carbocycles. The third-order valence-electron chi connectivity index (χ3n) is 6.94. The van der Waals surface area contributed by atoms with Crippen LogP contribution in [0.5, 0.6) is 0 Å². The SMILES string of the molecule is c1ccc(-c2ccc(N(c3ccc(-c4ccccc4)cc3)c3cc4oc5ccccc5c4cn3)cc2)cc1. The van der Waals surface area contributed by atoms with Gasteiger partial charge in [0.1, 0.15) is 17.0 Å². The fraction of sp³-hybridized carbons (Fsp3) is 0. The molecule has 0 bridgehead atoms. The smallest absolute Gasteiger partial charge is 0.141 e. The van der Waals surface area contributed by atoms with Gasteiger partial charge in [-0.2, -0.15) is 0 Å². The van der Waals surface area contributed by atoms with Gasteiger partial charge < -0.3 is 4.42 Å². The molecule has 3 nitrogen and oxygen atoms in total. The number of nitrogens with zero attached hydrogens (tertiary/aromatic N) is 2. The molecule has 2 aromatic heterocycles. The molecule has 0 saturated carbocycles. The van der Waals surface area contributed by atoms with E-state index in [2.05, 4.69) is 108 Å². The van der Waals surface area contributed by atoms with E-state index in [0.717, 1.165) is 39.1 Å². The molecule has 0 fully saturated rings. The summed E-state index contributed by atoms with van der Waals surface area (Å²) >= 11 is 0. The summed E-state index contributed by atoms with van der Waals surface area (Å²) in [6, 6.07) is 48.2. The fourth-order valence-electron chi connectivity index (χ4n) is 5.01. The Labute approximate surface area is 221 Å². The number of benzene rings is 5. The lowest BCUT2D eigenvalue weighted by molar-refractivity contribution is 0.668. The average molecular weight is 489 g/mol. The highest BCUT2D eigenvalue weighted by Gasteiger charge is 2.17.